The zero-order valence-electron chi connectivity index (χ0n) is 12.3. The molecule has 2 heterocycles. The molecule has 0 saturated heterocycles. The molecule has 8 nitrogen and oxygen atoms in total. The average Bonchev–Trinajstić information content (AvgIpc) is 2.53. The van der Waals surface area contributed by atoms with Gasteiger partial charge in [-0.25, -0.2) is 9.97 Å². The minimum absolute atomic E-state index is 0.271. The third kappa shape index (κ3) is 4.16. The summed E-state index contributed by atoms with van der Waals surface area (Å²) in [6.45, 7) is 1.72. The molecule has 0 aliphatic carbocycles. The molecule has 0 saturated carbocycles. The summed E-state index contributed by atoms with van der Waals surface area (Å²) < 4.78 is 5.30. The van der Waals surface area contributed by atoms with Crippen molar-refractivity contribution in [2.45, 2.75) is 6.92 Å². The highest BCUT2D eigenvalue weighted by Crippen LogP contribution is 2.22. The van der Waals surface area contributed by atoms with Crippen LogP contribution in [0.2, 0.25) is 0 Å². The first-order valence-electron chi connectivity index (χ1n) is 6.81. The number of ether oxygens (including phenoxy) is 1. The van der Waals surface area contributed by atoms with Crippen molar-refractivity contribution in [2.75, 3.05) is 13.2 Å². The van der Waals surface area contributed by atoms with Crippen LogP contribution in [-0.2, 0) is 4.79 Å². The van der Waals surface area contributed by atoms with E-state index in [-0.39, 0.29) is 11.4 Å². The van der Waals surface area contributed by atoms with E-state index in [2.05, 4.69) is 15.3 Å². The van der Waals surface area contributed by atoms with Gasteiger partial charge in [-0.2, -0.15) is 0 Å². The van der Waals surface area contributed by atoms with Crippen LogP contribution in [0.3, 0.4) is 0 Å². The van der Waals surface area contributed by atoms with E-state index in [0.29, 0.717) is 23.9 Å². The standard InChI is InChI=1S/C15H15N3O5/c1-2-23-12-5-3-4-9(17-12)10-6-7-11(19)14(18-10)15(22)16-8-13(20)21/h3-7,19H,2,8H2,1H3,(H,16,22)(H,20,21). The Hall–Kier alpha value is -3.16. The Morgan fingerprint density at radius 2 is 1.91 bits per heavy atom. The first-order valence-corrected chi connectivity index (χ1v) is 6.81. The van der Waals surface area contributed by atoms with Crippen molar-refractivity contribution >= 4 is 11.9 Å². The summed E-state index contributed by atoms with van der Waals surface area (Å²) >= 11 is 0. The summed E-state index contributed by atoms with van der Waals surface area (Å²) in [7, 11) is 0. The van der Waals surface area contributed by atoms with E-state index in [1.54, 1.807) is 18.2 Å². The molecule has 2 rings (SSSR count). The largest absolute Gasteiger partial charge is 0.505 e. The number of amides is 1. The average molecular weight is 317 g/mol. The van der Waals surface area contributed by atoms with Crippen LogP contribution in [0.15, 0.2) is 30.3 Å². The van der Waals surface area contributed by atoms with Gasteiger partial charge < -0.3 is 20.3 Å². The van der Waals surface area contributed by atoms with Gasteiger partial charge >= 0.3 is 5.97 Å². The Labute approximate surface area is 131 Å². The van der Waals surface area contributed by atoms with E-state index in [1.165, 1.54) is 12.1 Å². The lowest BCUT2D eigenvalue weighted by Crippen LogP contribution is -2.30. The lowest BCUT2D eigenvalue weighted by atomic mass is 10.2. The van der Waals surface area contributed by atoms with Gasteiger partial charge in [-0.1, -0.05) is 6.07 Å². The molecule has 23 heavy (non-hydrogen) atoms. The van der Waals surface area contributed by atoms with Crippen LogP contribution in [0.1, 0.15) is 17.4 Å². The topological polar surface area (TPSA) is 122 Å². The van der Waals surface area contributed by atoms with Gasteiger partial charge in [0.1, 0.15) is 12.3 Å². The maximum atomic E-state index is 11.9. The molecule has 2 aromatic heterocycles. The second-order valence-electron chi connectivity index (χ2n) is 4.43. The maximum absolute atomic E-state index is 11.9. The minimum atomic E-state index is -1.19. The monoisotopic (exact) mass is 317 g/mol. The molecule has 1 amide bonds. The number of nitrogens with one attached hydrogen (secondary N) is 1. The molecule has 3 N–H and O–H groups in total. The van der Waals surface area contributed by atoms with E-state index in [1.807, 2.05) is 6.92 Å². The zero-order valence-corrected chi connectivity index (χ0v) is 12.3. The van der Waals surface area contributed by atoms with Gasteiger partial charge in [0, 0.05) is 6.07 Å². The van der Waals surface area contributed by atoms with Crippen LogP contribution < -0.4 is 10.1 Å². The number of hydrogen-bond donors (Lipinski definition) is 3. The third-order valence-electron chi connectivity index (χ3n) is 2.77. The summed E-state index contributed by atoms with van der Waals surface area (Å²) in [5, 5.41) is 20.5. The molecule has 0 radical (unpaired) electrons. The molecule has 0 aliphatic heterocycles. The highest BCUT2D eigenvalue weighted by Gasteiger charge is 2.16. The van der Waals surface area contributed by atoms with Crippen molar-refractivity contribution in [3.8, 4) is 23.0 Å². The number of carboxylic acid groups (broad SMARTS) is 1. The summed E-state index contributed by atoms with van der Waals surface area (Å²) in [4.78, 5) is 30.7. The predicted molar refractivity (Wildman–Crippen MR) is 80.3 cm³/mol. The molecule has 8 heteroatoms. The SMILES string of the molecule is CCOc1cccc(-c2ccc(O)c(C(=O)NCC(=O)O)n2)n1. The van der Waals surface area contributed by atoms with Crippen LogP contribution in [0, 0.1) is 0 Å². The van der Waals surface area contributed by atoms with Crippen molar-refractivity contribution in [3.63, 3.8) is 0 Å². The number of pyridine rings is 2. The third-order valence-corrected chi connectivity index (χ3v) is 2.77. The fourth-order valence-electron chi connectivity index (χ4n) is 1.79. The summed E-state index contributed by atoms with van der Waals surface area (Å²) in [6, 6.07) is 7.90. The molecule has 0 aliphatic rings. The number of carbonyl (C=O) groups excluding carboxylic acids is 1. The Bertz CT molecular complexity index is 733. The van der Waals surface area contributed by atoms with E-state index in [0.717, 1.165) is 0 Å². The fourth-order valence-corrected chi connectivity index (χ4v) is 1.79. The molecule has 0 atom stereocenters. The summed E-state index contributed by atoms with van der Waals surface area (Å²) in [5.41, 5.74) is 0.542. The number of nitrogens with zero attached hydrogens (tertiary/aromatic N) is 2. The number of carboxylic acids is 1. The van der Waals surface area contributed by atoms with E-state index >= 15 is 0 Å². The molecule has 0 fully saturated rings. The van der Waals surface area contributed by atoms with Crippen molar-refractivity contribution in [1.82, 2.24) is 15.3 Å². The number of aliphatic carboxylic acids is 1. The molecule has 120 valence electrons. The van der Waals surface area contributed by atoms with Crippen molar-refractivity contribution in [2.24, 2.45) is 0 Å². The van der Waals surface area contributed by atoms with Gasteiger partial charge in [0.15, 0.2) is 5.69 Å². The second-order valence-corrected chi connectivity index (χ2v) is 4.43. The van der Waals surface area contributed by atoms with E-state index in [9.17, 15) is 14.7 Å². The summed E-state index contributed by atoms with van der Waals surface area (Å²) in [6.07, 6.45) is 0. The van der Waals surface area contributed by atoms with E-state index in [4.69, 9.17) is 9.84 Å². The molecular formula is C15H15N3O5. The Balaban J connectivity index is 2.31. The number of aromatic nitrogens is 2. The lowest BCUT2D eigenvalue weighted by molar-refractivity contribution is -0.135. The van der Waals surface area contributed by atoms with Crippen molar-refractivity contribution < 1.29 is 24.5 Å². The Morgan fingerprint density at radius 1 is 1.17 bits per heavy atom. The smallest absolute Gasteiger partial charge is 0.322 e. The van der Waals surface area contributed by atoms with Crippen molar-refractivity contribution in [3.05, 3.63) is 36.0 Å². The van der Waals surface area contributed by atoms with Gasteiger partial charge in [-0.05, 0) is 25.1 Å². The van der Waals surface area contributed by atoms with Gasteiger partial charge in [-0.15, -0.1) is 0 Å². The number of carbonyl (C=O) groups is 2. The van der Waals surface area contributed by atoms with Crippen LogP contribution >= 0.6 is 0 Å². The first-order chi connectivity index (χ1) is 11.0. The van der Waals surface area contributed by atoms with Gasteiger partial charge in [0.05, 0.1) is 18.0 Å². The normalized spacial score (nSPS) is 10.1. The van der Waals surface area contributed by atoms with Gasteiger partial charge in [-0.3, -0.25) is 9.59 Å². The Kier molecular flexibility index (Phi) is 5.08. The molecular weight excluding hydrogens is 302 g/mol. The first kappa shape index (κ1) is 16.2. The van der Waals surface area contributed by atoms with E-state index < -0.39 is 18.4 Å². The van der Waals surface area contributed by atoms with Crippen LogP contribution in [0.5, 0.6) is 11.6 Å². The molecule has 0 aromatic carbocycles. The molecule has 2 aromatic rings. The zero-order chi connectivity index (χ0) is 16.8. The van der Waals surface area contributed by atoms with Crippen molar-refractivity contribution in [1.29, 1.82) is 0 Å². The van der Waals surface area contributed by atoms with Crippen LogP contribution in [-0.4, -0.2) is 45.2 Å². The highest BCUT2D eigenvalue weighted by molar-refractivity contribution is 5.96. The second kappa shape index (κ2) is 7.21. The number of hydrogen-bond acceptors (Lipinski definition) is 6. The van der Waals surface area contributed by atoms with Crippen LogP contribution in [0.25, 0.3) is 11.4 Å². The summed E-state index contributed by atoms with van der Waals surface area (Å²) in [5.74, 6) is -1.91. The quantitative estimate of drug-likeness (QED) is 0.728. The highest BCUT2D eigenvalue weighted by atomic mass is 16.5. The Morgan fingerprint density at radius 3 is 2.61 bits per heavy atom. The van der Waals surface area contributed by atoms with Gasteiger partial charge in [0.25, 0.3) is 5.91 Å². The lowest BCUT2D eigenvalue weighted by Gasteiger charge is -2.08. The number of rotatable bonds is 6. The minimum Gasteiger partial charge on any atom is -0.505 e. The maximum Gasteiger partial charge on any atom is 0.322 e. The fraction of sp³-hybridized carbons (Fsp3) is 0.200. The van der Waals surface area contributed by atoms with Crippen LogP contribution in [0.4, 0.5) is 0 Å². The molecule has 0 spiro atoms. The predicted octanol–water partition coefficient (Wildman–Crippen LogP) is 1.06. The molecule has 0 unspecified atom stereocenters. The number of aromatic hydroxyl groups is 1. The van der Waals surface area contributed by atoms with Gasteiger partial charge in [0.2, 0.25) is 5.88 Å². The molecule has 0 bridgehead atoms.